The number of rotatable bonds is 4. The van der Waals surface area contributed by atoms with Crippen molar-refractivity contribution < 1.29 is 9.53 Å². The molecule has 0 bridgehead atoms. The first-order valence-electron chi connectivity index (χ1n) is 3.64. The molecule has 0 saturated carbocycles. The lowest BCUT2D eigenvalue weighted by Crippen LogP contribution is -2.43. The molecule has 0 aliphatic carbocycles. The fourth-order valence-electron chi connectivity index (χ4n) is 0.434. The van der Waals surface area contributed by atoms with Crippen LogP contribution in [-0.2, 0) is 9.53 Å². The van der Waals surface area contributed by atoms with E-state index in [1.54, 1.807) is 13.8 Å². The van der Waals surface area contributed by atoms with Crippen LogP contribution in [0.25, 0.3) is 0 Å². The minimum absolute atomic E-state index is 0.357. The molecule has 0 aromatic heterocycles. The highest BCUT2D eigenvalue weighted by molar-refractivity contribution is 5.79. The molecule has 0 unspecified atom stereocenters. The number of nitrogens with two attached hydrogens (primary N) is 2. The van der Waals surface area contributed by atoms with E-state index < -0.39 is 5.54 Å². The van der Waals surface area contributed by atoms with Gasteiger partial charge in [-0.15, -0.1) is 0 Å². The van der Waals surface area contributed by atoms with Gasteiger partial charge >= 0.3 is 5.97 Å². The highest BCUT2D eigenvalue weighted by atomic mass is 16.5. The first kappa shape index (κ1) is 10.4. The molecular weight excluding hydrogens is 144 g/mol. The van der Waals surface area contributed by atoms with E-state index in [4.69, 9.17) is 16.2 Å². The van der Waals surface area contributed by atoms with Gasteiger partial charge in [0.25, 0.3) is 0 Å². The van der Waals surface area contributed by atoms with Crippen molar-refractivity contribution in [3.05, 3.63) is 0 Å². The molecule has 4 nitrogen and oxygen atoms in total. The van der Waals surface area contributed by atoms with Gasteiger partial charge in [0.05, 0.1) is 6.61 Å². The normalized spacial score (nSPS) is 11.3. The van der Waals surface area contributed by atoms with Crippen LogP contribution >= 0.6 is 0 Å². The predicted molar refractivity (Wildman–Crippen MR) is 42.9 cm³/mol. The summed E-state index contributed by atoms with van der Waals surface area (Å²) in [5.74, 6) is -0.383. The summed E-state index contributed by atoms with van der Waals surface area (Å²) >= 11 is 0. The lowest BCUT2D eigenvalue weighted by Gasteiger charge is -2.16. The topological polar surface area (TPSA) is 78.3 Å². The molecule has 0 heterocycles. The second-order valence-corrected chi connectivity index (χ2v) is 3.00. The predicted octanol–water partition coefficient (Wildman–Crippen LogP) is -0.384. The Balaban J connectivity index is 3.54. The molecule has 0 fully saturated rings. The van der Waals surface area contributed by atoms with Crippen molar-refractivity contribution in [2.24, 2.45) is 11.5 Å². The summed E-state index contributed by atoms with van der Waals surface area (Å²) in [5.41, 5.74) is 9.76. The summed E-state index contributed by atoms with van der Waals surface area (Å²) in [5, 5.41) is 0. The fourth-order valence-corrected chi connectivity index (χ4v) is 0.434. The molecule has 0 aliphatic rings. The smallest absolute Gasteiger partial charge is 0.325 e. The summed E-state index contributed by atoms with van der Waals surface area (Å²) in [4.78, 5) is 11.0. The Morgan fingerprint density at radius 2 is 2.09 bits per heavy atom. The fraction of sp³-hybridized carbons (Fsp3) is 0.857. The van der Waals surface area contributed by atoms with E-state index in [-0.39, 0.29) is 5.97 Å². The van der Waals surface area contributed by atoms with Crippen molar-refractivity contribution in [1.82, 2.24) is 0 Å². The average molecular weight is 160 g/mol. The molecule has 0 saturated heterocycles. The van der Waals surface area contributed by atoms with Gasteiger partial charge in [-0.1, -0.05) is 0 Å². The van der Waals surface area contributed by atoms with Gasteiger partial charge in [0, 0.05) is 0 Å². The Bertz CT molecular complexity index is 129. The molecule has 4 heteroatoms. The van der Waals surface area contributed by atoms with E-state index in [1.165, 1.54) is 0 Å². The van der Waals surface area contributed by atoms with Crippen LogP contribution in [0.15, 0.2) is 0 Å². The van der Waals surface area contributed by atoms with Crippen LogP contribution in [0.4, 0.5) is 0 Å². The van der Waals surface area contributed by atoms with E-state index >= 15 is 0 Å². The van der Waals surface area contributed by atoms with Crippen molar-refractivity contribution in [3.8, 4) is 0 Å². The third-order valence-corrected chi connectivity index (χ3v) is 1.11. The number of esters is 1. The summed E-state index contributed by atoms with van der Waals surface area (Å²) in [6, 6.07) is 0. The Morgan fingerprint density at radius 3 is 2.45 bits per heavy atom. The molecule has 0 atom stereocenters. The highest BCUT2D eigenvalue weighted by Gasteiger charge is 2.23. The summed E-state index contributed by atoms with van der Waals surface area (Å²) in [6.45, 7) is 4.10. The molecule has 0 aliphatic heterocycles. The molecule has 0 radical (unpaired) electrons. The summed E-state index contributed by atoms with van der Waals surface area (Å²) < 4.78 is 4.80. The van der Waals surface area contributed by atoms with Gasteiger partial charge in [0.2, 0.25) is 0 Å². The minimum atomic E-state index is -0.894. The zero-order chi connectivity index (χ0) is 8.91. The largest absolute Gasteiger partial charge is 0.464 e. The molecule has 0 amide bonds. The maximum absolute atomic E-state index is 11.0. The van der Waals surface area contributed by atoms with E-state index in [1.807, 2.05) is 0 Å². The number of hydrogen-bond donors (Lipinski definition) is 2. The van der Waals surface area contributed by atoms with Gasteiger partial charge in [-0.25, -0.2) is 0 Å². The van der Waals surface area contributed by atoms with Gasteiger partial charge in [0.15, 0.2) is 0 Å². The first-order valence-corrected chi connectivity index (χ1v) is 3.64. The number of carbonyl (C=O) groups is 1. The second kappa shape index (κ2) is 4.31. The SMILES string of the molecule is CC(C)(N)C(=O)OCCCN. The van der Waals surface area contributed by atoms with Crippen LogP contribution in [0, 0.1) is 0 Å². The minimum Gasteiger partial charge on any atom is -0.464 e. The van der Waals surface area contributed by atoms with Crippen LogP contribution in [-0.4, -0.2) is 24.7 Å². The van der Waals surface area contributed by atoms with Gasteiger partial charge < -0.3 is 16.2 Å². The number of carbonyl (C=O) groups excluding carboxylic acids is 1. The molecule has 66 valence electrons. The van der Waals surface area contributed by atoms with Crippen LogP contribution in [0.2, 0.25) is 0 Å². The standard InChI is InChI=1S/C7H16N2O2/c1-7(2,9)6(10)11-5-3-4-8/h3-5,8-9H2,1-2H3. The van der Waals surface area contributed by atoms with Crippen molar-refractivity contribution in [2.75, 3.05) is 13.2 Å². The molecule has 0 aromatic rings. The third-order valence-electron chi connectivity index (χ3n) is 1.11. The lowest BCUT2D eigenvalue weighted by atomic mass is 10.1. The van der Waals surface area contributed by atoms with Crippen molar-refractivity contribution in [3.63, 3.8) is 0 Å². The first-order chi connectivity index (χ1) is 4.98. The van der Waals surface area contributed by atoms with Crippen LogP contribution < -0.4 is 11.5 Å². The lowest BCUT2D eigenvalue weighted by molar-refractivity contribution is -0.148. The maximum atomic E-state index is 11.0. The number of ether oxygens (including phenoxy) is 1. The average Bonchev–Trinajstić information content (AvgIpc) is 1.86. The summed E-state index contributed by atoms with van der Waals surface area (Å²) in [7, 11) is 0. The Labute approximate surface area is 66.9 Å². The van der Waals surface area contributed by atoms with Crippen LogP contribution in [0.1, 0.15) is 20.3 Å². The van der Waals surface area contributed by atoms with E-state index in [0.717, 1.165) is 0 Å². The van der Waals surface area contributed by atoms with Crippen LogP contribution in [0.5, 0.6) is 0 Å². The molecule has 0 aromatic carbocycles. The van der Waals surface area contributed by atoms with Crippen molar-refractivity contribution in [1.29, 1.82) is 0 Å². The molecule has 11 heavy (non-hydrogen) atoms. The van der Waals surface area contributed by atoms with E-state index in [9.17, 15) is 4.79 Å². The highest BCUT2D eigenvalue weighted by Crippen LogP contribution is 1.99. The molecule has 4 N–H and O–H groups in total. The Hall–Kier alpha value is -0.610. The van der Waals surface area contributed by atoms with Gasteiger partial charge in [0.1, 0.15) is 5.54 Å². The third kappa shape index (κ3) is 4.75. The van der Waals surface area contributed by atoms with Gasteiger partial charge in [-0.05, 0) is 26.8 Å². The van der Waals surface area contributed by atoms with E-state index in [0.29, 0.717) is 19.6 Å². The molecular formula is C7H16N2O2. The monoisotopic (exact) mass is 160 g/mol. The zero-order valence-corrected chi connectivity index (χ0v) is 7.09. The number of hydrogen-bond acceptors (Lipinski definition) is 4. The van der Waals surface area contributed by atoms with Gasteiger partial charge in [-0.2, -0.15) is 0 Å². The maximum Gasteiger partial charge on any atom is 0.325 e. The quantitative estimate of drug-likeness (QED) is 0.434. The van der Waals surface area contributed by atoms with Crippen molar-refractivity contribution >= 4 is 5.97 Å². The zero-order valence-electron chi connectivity index (χ0n) is 7.09. The molecule has 0 rings (SSSR count). The summed E-state index contributed by atoms with van der Waals surface area (Å²) in [6.07, 6.45) is 0.682. The Morgan fingerprint density at radius 1 is 1.55 bits per heavy atom. The van der Waals surface area contributed by atoms with Crippen LogP contribution in [0.3, 0.4) is 0 Å². The van der Waals surface area contributed by atoms with Crippen molar-refractivity contribution in [2.45, 2.75) is 25.8 Å². The van der Waals surface area contributed by atoms with Gasteiger partial charge in [-0.3, -0.25) is 4.79 Å². The molecule has 0 spiro atoms. The second-order valence-electron chi connectivity index (χ2n) is 3.00. The van der Waals surface area contributed by atoms with E-state index in [2.05, 4.69) is 0 Å². The Kier molecular flexibility index (Phi) is 4.07.